The molecule has 1 N–H and O–H groups in total. The zero-order valence-electron chi connectivity index (χ0n) is 13.7. The molecule has 3 rings (SSSR count). The van der Waals surface area contributed by atoms with Gasteiger partial charge in [-0.25, -0.2) is 0 Å². The third-order valence-corrected chi connectivity index (χ3v) is 5.41. The molecule has 0 atom stereocenters. The fourth-order valence-electron chi connectivity index (χ4n) is 3.01. The number of carbonyl (C=O) groups is 1. The minimum absolute atomic E-state index is 0.0230. The molecule has 1 amide bonds. The van der Waals surface area contributed by atoms with Gasteiger partial charge >= 0.3 is 0 Å². The van der Waals surface area contributed by atoms with Gasteiger partial charge in [0.05, 0.1) is 4.88 Å². The van der Waals surface area contributed by atoms with E-state index in [9.17, 15) is 4.79 Å². The van der Waals surface area contributed by atoms with E-state index in [1.165, 1.54) is 49.3 Å². The molecule has 122 valence electrons. The lowest BCUT2D eigenvalue weighted by Crippen LogP contribution is -2.29. The number of rotatable bonds is 5. The van der Waals surface area contributed by atoms with E-state index in [2.05, 4.69) is 34.5 Å². The third-order valence-electron chi connectivity index (χ3n) is 4.40. The van der Waals surface area contributed by atoms with Crippen LogP contribution in [0.4, 0.5) is 0 Å². The molecule has 2 heterocycles. The molecule has 1 aliphatic rings. The number of carbonyl (C=O) groups excluding carboxylic acids is 1. The predicted molar refractivity (Wildman–Crippen MR) is 95.8 cm³/mol. The van der Waals surface area contributed by atoms with Crippen molar-refractivity contribution < 1.29 is 4.79 Å². The van der Waals surface area contributed by atoms with E-state index in [1.54, 1.807) is 0 Å². The van der Waals surface area contributed by atoms with Crippen molar-refractivity contribution in [2.75, 3.05) is 13.1 Å². The first-order valence-corrected chi connectivity index (χ1v) is 9.23. The number of aryl methyl sites for hydroxylation is 1. The fourth-order valence-corrected chi connectivity index (χ4v) is 3.85. The lowest BCUT2D eigenvalue weighted by molar-refractivity contribution is 0.0954. The molecule has 0 unspecified atom stereocenters. The van der Waals surface area contributed by atoms with Crippen LogP contribution in [0, 0.1) is 6.92 Å². The zero-order chi connectivity index (χ0) is 16.1. The Kier molecular flexibility index (Phi) is 5.47. The molecule has 0 saturated carbocycles. The quantitative estimate of drug-likeness (QED) is 0.900. The maximum absolute atomic E-state index is 12.1. The summed E-state index contributed by atoms with van der Waals surface area (Å²) >= 11 is 1.50. The predicted octanol–water partition coefficient (Wildman–Crippen LogP) is 3.97. The van der Waals surface area contributed by atoms with Gasteiger partial charge in [-0.3, -0.25) is 9.69 Å². The van der Waals surface area contributed by atoms with E-state index in [4.69, 9.17) is 0 Å². The van der Waals surface area contributed by atoms with Crippen LogP contribution >= 0.6 is 11.3 Å². The third kappa shape index (κ3) is 4.43. The Morgan fingerprint density at radius 2 is 1.78 bits per heavy atom. The highest BCUT2D eigenvalue weighted by Gasteiger charge is 2.11. The van der Waals surface area contributed by atoms with Gasteiger partial charge in [0.25, 0.3) is 5.91 Å². The van der Waals surface area contributed by atoms with Crippen molar-refractivity contribution in [3.63, 3.8) is 0 Å². The number of piperidine rings is 1. The number of nitrogens with zero attached hydrogens (tertiary/aromatic N) is 1. The first-order valence-electron chi connectivity index (χ1n) is 8.35. The lowest BCUT2D eigenvalue weighted by Gasteiger charge is -2.26. The van der Waals surface area contributed by atoms with Crippen LogP contribution in [0.2, 0.25) is 0 Å². The van der Waals surface area contributed by atoms with Crippen LogP contribution in [-0.2, 0) is 13.1 Å². The summed E-state index contributed by atoms with van der Waals surface area (Å²) in [6, 6.07) is 10.6. The Morgan fingerprint density at radius 1 is 1.09 bits per heavy atom. The molecule has 3 nitrogen and oxygen atoms in total. The maximum atomic E-state index is 12.1. The summed E-state index contributed by atoms with van der Waals surface area (Å²) in [5.41, 5.74) is 3.55. The average molecular weight is 328 g/mol. The molecule has 1 fully saturated rings. The normalized spacial score (nSPS) is 15.5. The Hall–Kier alpha value is -1.65. The van der Waals surface area contributed by atoms with E-state index in [0.29, 0.717) is 6.54 Å². The summed E-state index contributed by atoms with van der Waals surface area (Å²) in [5, 5.41) is 4.96. The van der Waals surface area contributed by atoms with E-state index in [1.807, 2.05) is 18.4 Å². The minimum atomic E-state index is 0.0230. The van der Waals surface area contributed by atoms with Crippen LogP contribution in [0.3, 0.4) is 0 Å². The summed E-state index contributed by atoms with van der Waals surface area (Å²) in [5.74, 6) is 0.0230. The second-order valence-electron chi connectivity index (χ2n) is 6.27. The van der Waals surface area contributed by atoms with Crippen LogP contribution in [-0.4, -0.2) is 23.9 Å². The first kappa shape index (κ1) is 16.2. The fraction of sp³-hybridized carbons (Fsp3) is 0.421. The van der Waals surface area contributed by atoms with E-state index < -0.39 is 0 Å². The van der Waals surface area contributed by atoms with Gasteiger partial charge in [0.15, 0.2) is 0 Å². The van der Waals surface area contributed by atoms with Crippen molar-refractivity contribution in [3.8, 4) is 0 Å². The Morgan fingerprint density at radius 3 is 2.43 bits per heavy atom. The van der Waals surface area contributed by atoms with E-state index in [-0.39, 0.29) is 5.91 Å². The highest BCUT2D eigenvalue weighted by Crippen LogP contribution is 2.16. The molecule has 2 aromatic rings. The van der Waals surface area contributed by atoms with Gasteiger partial charge in [0.2, 0.25) is 0 Å². The van der Waals surface area contributed by atoms with Gasteiger partial charge in [-0.15, -0.1) is 11.3 Å². The summed E-state index contributed by atoms with van der Waals surface area (Å²) in [7, 11) is 0. The molecule has 1 aromatic heterocycles. The highest BCUT2D eigenvalue weighted by atomic mass is 32.1. The molecule has 4 heteroatoms. The van der Waals surface area contributed by atoms with Crippen molar-refractivity contribution in [2.24, 2.45) is 0 Å². The van der Waals surface area contributed by atoms with Gasteiger partial charge in [-0.2, -0.15) is 0 Å². The number of amides is 1. The van der Waals surface area contributed by atoms with Gasteiger partial charge in [-0.05, 0) is 61.0 Å². The van der Waals surface area contributed by atoms with Crippen LogP contribution < -0.4 is 5.32 Å². The van der Waals surface area contributed by atoms with Crippen LogP contribution in [0.1, 0.15) is 45.6 Å². The minimum Gasteiger partial charge on any atom is -0.347 e. The topological polar surface area (TPSA) is 32.3 Å². The van der Waals surface area contributed by atoms with Crippen LogP contribution in [0.25, 0.3) is 0 Å². The number of hydrogen-bond donors (Lipinski definition) is 1. The standard InChI is InChI=1S/C19H24N2OS/c1-15-9-12-23-18(15)19(22)20-13-16-5-7-17(8-6-16)14-21-10-3-2-4-11-21/h5-9,12H,2-4,10-11,13-14H2,1H3,(H,20,22). The molecule has 0 bridgehead atoms. The highest BCUT2D eigenvalue weighted by molar-refractivity contribution is 7.12. The second-order valence-corrected chi connectivity index (χ2v) is 7.18. The molecule has 1 saturated heterocycles. The van der Waals surface area contributed by atoms with Crippen molar-refractivity contribution in [1.29, 1.82) is 0 Å². The van der Waals surface area contributed by atoms with E-state index >= 15 is 0 Å². The van der Waals surface area contributed by atoms with Gasteiger partial charge < -0.3 is 5.32 Å². The van der Waals surface area contributed by atoms with Crippen molar-refractivity contribution >= 4 is 17.2 Å². The number of likely N-dealkylation sites (tertiary alicyclic amines) is 1. The van der Waals surface area contributed by atoms with Crippen molar-refractivity contribution in [1.82, 2.24) is 10.2 Å². The SMILES string of the molecule is Cc1ccsc1C(=O)NCc1ccc(CN2CCCCC2)cc1. The Bertz CT molecular complexity index is 642. The largest absolute Gasteiger partial charge is 0.347 e. The number of nitrogens with one attached hydrogen (secondary N) is 1. The lowest BCUT2D eigenvalue weighted by atomic mass is 10.1. The smallest absolute Gasteiger partial charge is 0.261 e. The summed E-state index contributed by atoms with van der Waals surface area (Å²) in [6.45, 7) is 6.04. The van der Waals surface area contributed by atoms with Gasteiger partial charge in [0, 0.05) is 13.1 Å². The van der Waals surface area contributed by atoms with Crippen LogP contribution in [0.5, 0.6) is 0 Å². The molecule has 1 aliphatic heterocycles. The average Bonchev–Trinajstić information content (AvgIpc) is 3.01. The molecule has 1 aromatic carbocycles. The number of thiophene rings is 1. The zero-order valence-corrected chi connectivity index (χ0v) is 14.5. The van der Waals surface area contributed by atoms with Crippen molar-refractivity contribution in [3.05, 3.63) is 57.3 Å². The van der Waals surface area contributed by atoms with E-state index in [0.717, 1.165) is 22.5 Å². The first-order chi connectivity index (χ1) is 11.2. The summed E-state index contributed by atoms with van der Waals surface area (Å²) in [6.07, 6.45) is 4.03. The summed E-state index contributed by atoms with van der Waals surface area (Å²) in [4.78, 5) is 15.5. The van der Waals surface area contributed by atoms with Crippen LogP contribution in [0.15, 0.2) is 35.7 Å². The summed E-state index contributed by atoms with van der Waals surface area (Å²) < 4.78 is 0. The van der Waals surface area contributed by atoms with Gasteiger partial charge in [0.1, 0.15) is 0 Å². The molecular formula is C19H24N2OS. The maximum Gasteiger partial charge on any atom is 0.261 e. The Labute approximate surface area is 142 Å². The molecular weight excluding hydrogens is 304 g/mol. The molecule has 0 radical (unpaired) electrons. The second kappa shape index (κ2) is 7.75. The Balaban J connectivity index is 1.51. The molecule has 0 aliphatic carbocycles. The van der Waals surface area contributed by atoms with Gasteiger partial charge in [-0.1, -0.05) is 30.7 Å². The monoisotopic (exact) mass is 328 g/mol. The number of benzene rings is 1. The van der Waals surface area contributed by atoms with Crippen molar-refractivity contribution in [2.45, 2.75) is 39.3 Å². The molecule has 0 spiro atoms. The molecule has 23 heavy (non-hydrogen) atoms. The number of hydrogen-bond acceptors (Lipinski definition) is 3.